The van der Waals surface area contributed by atoms with Crippen LogP contribution in [0.2, 0.25) is 0 Å². The van der Waals surface area contributed by atoms with Crippen LogP contribution >= 0.6 is 0 Å². The Bertz CT molecular complexity index is 429. The van der Waals surface area contributed by atoms with E-state index in [2.05, 4.69) is 5.32 Å². The Morgan fingerprint density at radius 1 is 1.14 bits per heavy atom. The second-order valence-electron chi connectivity index (χ2n) is 4.37. The first-order chi connectivity index (χ1) is 10.0. The van der Waals surface area contributed by atoms with Crippen LogP contribution in [-0.2, 0) is 23.9 Å². The van der Waals surface area contributed by atoms with E-state index in [9.17, 15) is 19.2 Å². The minimum Gasteiger partial charge on any atom is -0.379 e. The van der Waals surface area contributed by atoms with Crippen molar-refractivity contribution in [3.8, 4) is 0 Å². The number of rotatable bonds is 10. The van der Waals surface area contributed by atoms with Crippen LogP contribution in [0.15, 0.2) is 12.2 Å². The molecule has 0 saturated heterocycles. The summed E-state index contributed by atoms with van der Waals surface area (Å²) in [6, 6.07) is 0. The first-order valence-electron chi connectivity index (χ1n) is 6.64. The second-order valence-corrected chi connectivity index (χ2v) is 4.37. The summed E-state index contributed by atoms with van der Waals surface area (Å²) < 4.78 is 5.15. The van der Waals surface area contributed by atoms with Crippen molar-refractivity contribution >= 4 is 23.5 Å². The lowest BCUT2D eigenvalue weighted by molar-refractivity contribution is -0.137. The summed E-state index contributed by atoms with van der Waals surface area (Å²) in [6.07, 6.45) is 2.66. The number of nitrogens with zero attached hydrogens (tertiary/aromatic N) is 1. The maximum absolute atomic E-state index is 11.5. The molecular weight excluding hydrogens is 278 g/mol. The van der Waals surface area contributed by atoms with Crippen LogP contribution in [0.25, 0.3) is 0 Å². The van der Waals surface area contributed by atoms with E-state index in [1.165, 1.54) is 12.2 Å². The molecule has 116 valence electrons. The summed E-state index contributed by atoms with van der Waals surface area (Å²) in [5.41, 5.74) is 5.14. The molecule has 0 spiro atoms. The Morgan fingerprint density at radius 3 is 2.43 bits per heavy atom. The zero-order valence-electron chi connectivity index (χ0n) is 11.7. The van der Waals surface area contributed by atoms with Crippen molar-refractivity contribution in [1.82, 2.24) is 10.2 Å². The van der Waals surface area contributed by atoms with Crippen molar-refractivity contribution in [1.29, 1.82) is 0 Å². The lowest BCUT2D eigenvalue weighted by Crippen LogP contribution is -2.35. The highest BCUT2D eigenvalue weighted by Gasteiger charge is 2.23. The minimum absolute atomic E-state index is 0.00287. The lowest BCUT2D eigenvalue weighted by atomic mass is 10.3. The third kappa shape index (κ3) is 6.28. The van der Waals surface area contributed by atoms with E-state index in [1.807, 2.05) is 0 Å². The van der Waals surface area contributed by atoms with Crippen molar-refractivity contribution in [2.45, 2.75) is 12.8 Å². The van der Waals surface area contributed by atoms with Crippen molar-refractivity contribution in [3.05, 3.63) is 12.2 Å². The summed E-state index contributed by atoms with van der Waals surface area (Å²) in [4.78, 5) is 45.9. The number of nitrogens with two attached hydrogens (primary N) is 1. The normalized spacial score (nSPS) is 13.9. The Balaban J connectivity index is 2.03. The molecule has 0 radical (unpaired) electrons. The van der Waals surface area contributed by atoms with E-state index < -0.39 is 11.8 Å². The predicted molar refractivity (Wildman–Crippen MR) is 73.0 cm³/mol. The smallest absolute Gasteiger partial charge is 0.253 e. The Labute approximate surface area is 122 Å². The zero-order valence-corrected chi connectivity index (χ0v) is 11.7. The largest absolute Gasteiger partial charge is 0.379 e. The standard InChI is InChI=1S/C13H19N3O5/c14-9-10(17)4-7-21-8-5-15-11(18)3-6-16-12(19)1-2-13(16)20/h1-2H,3-9,14H2,(H,15,18). The molecule has 1 aliphatic heterocycles. The Kier molecular flexibility index (Phi) is 7.27. The summed E-state index contributed by atoms with van der Waals surface area (Å²) in [6.45, 7) is 0.919. The van der Waals surface area contributed by atoms with Crippen LogP contribution < -0.4 is 11.1 Å². The van der Waals surface area contributed by atoms with Gasteiger partial charge in [-0.15, -0.1) is 0 Å². The molecule has 0 bridgehead atoms. The molecule has 3 amide bonds. The van der Waals surface area contributed by atoms with Crippen molar-refractivity contribution in [2.24, 2.45) is 5.73 Å². The SMILES string of the molecule is NCC(=O)CCOCCNC(=O)CCN1C(=O)C=CC1=O. The number of hydrogen-bond acceptors (Lipinski definition) is 6. The Hall–Kier alpha value is -2.06. The van der Waals surface area contributed by atoms with Crippen LogP contribution in [-0.4, -0.2) is 61.3 Å². The molecule has 0 atom stereocenters. The van der Waals surface area contributed by atoms with Gasteiger partial charge in [-0.2, -0.15) is 0 Å². The highest BCUT2D eigenvalue weighted by molar-refractivity contribution is 6.13. The lowest BCUT2D eigenvalue weighted by Gasteiger charge is -2.13. The van der Waals surface area contributed by atoms with E-state index >= 15 is 0 Å². The summed E-state index contributed by atoms with van der Waals surface area (Å²) in [7, 11) is 0. The number of carbonyl (C=O) groups is 4. The number of nitrogens with one attached hydrogen (secondary N) is 1. The number of ketones is 1. The molecule has 0 aliphatic carbocycles. The highest BCUT2D eigenvalue weighted by Crippen LogP contribution is 2.03. The molecule has 0 aromatic heterocycles. The van der Waals surface area contributed by atoms with Gasteiger partial charge in [0.1, 0.15) is 5.78 Å². The fraction of sp³-hybridized carbons (Fsp3) is 0.538. The second kappa shape index (κ2) is 8.98. The van der Waals surface area contributed by atoms with Crippen LogP contribution in [0.3, 0.4) is 0 Å². The molecule has 0 aromatic carbocycles. The van der Waals surface area contributed by atoms with E-state index in [1.54, 1.807) is 0 Å². The third-order valence-electron chi connectivity index (χ3n) is 2.78. The zero-order chi connectivity index (χ0) is 15.7. The maximum Gasteiger partial charge on any atom is 0.253 e. The summed E-state index contributed by atoms with van der Waals surface area (Å²) >= 11 is 0. The van der Waals surface area contributed by atoms with Crippen LogP contribution in [0.1, 0.15) is 12.8 Å². The predicted octanol–water partition coefficient (Wildman–Crippen LogP) is -1.65. The van der Waals surface area contributed by atoms with Gasteiger partial charge in [0.2, 0.25) is 5.91 Å². The quantitative estimate of drug-likeness (QED) is 0.368. The fourth-order valence-corrected chi connectivity index (χ4v) is 1.61. The molecule has 3 N–H and O–H groups in total. The van der Waals surface area contributed by atoms with Crippen LogP contribution in [0, 0.1) is 0 Å². The van der Waals surface area contributed by atoms with E-state index in [0.717, 1.165) is 4.90 Å². The third-order valence-corrected chi connectivity index (χ3v) is 2.78. The number of imide groups is 1. The van der Waals surface area contributed by atoms with Crippen LogP contribution in [0.5, 0.6) is 0 Å². The van der Waals surface area contributed by atoms with Gasteiger partial charge >= 0.3 is 0 Å². The number of Topliss-reactive ketones (excluding diaryl/α,β-unsaturated/α-hetero) is 1. The van der Waals surface area contributed by atoms with E-state index in [-0.39, 0.29) is 50.8 Å². The molecule has 0 saturated carbocycles. The fourth-order valence-electron chi connectivity index (χ4n) is 1.61. The van der Waals surface area contributed by atoms with Crippen LogP contribution in [0.4, 0.5) is 0 Å². The highest BCUT2D eigenvalue weighted by atomic mass is 16.5. The first-order valence-corrected chi connectivity index (χ1v) is 6.64. The van der Waals surface area contributed by atoms with Gasteiger partial charge in [-0.1, -0.05) is 0 Å². The molecule has 1 aliphatic rings. The molecular formula is C13H19N3O5. The molecule has 0 aromatic rings. The molecule has 0 fully saturated rings. The summed E-state index contributed by atoms with van der Waals surface area (Å²) in [5.74, 6) is -1.15. The molecule has 1 rings (SSSR count). The molecule has 21 heavy (non-hydrogen) atoms. The number of carbonyl (C=O) groups excluding carboxylic acids is 4. The minimum atomic E-state index is -0.402. The van der Waals surface area contributed by atoms with Gasteiger partial charge in [0.25, 0.3) is 11.8 Å². The average Bonchev–Trinajstić information content (AvgIpc) is 2.79. The van der Waals surface area contributed by atoms with Crippen molar-refractivity contribution < 1.29 is 23.9 Å². The van der Waals surface area contributed by atoms with Gasteiger partial charge in [0.15, 0.2) is 0 Å². The van der Waals surface area contributed by atoms with E-state index in [4.69, 9.17) is 10.5 Å². The monoisotopic (exact) mass is 297 g/mol. The number of amides is 3. The molecule has 0 unspecified atom stereocenters. The molecule has 8 heteroatoms. The average molecular weight is 297 g/mol. The van der Waals surface area contributed by atoms with Gasteiger partial charge < -0.3 is 15.8 Å². The first kappa shape index (κ1) is 17.0. The maximum atomic E-state index is 11.5. The van der Waals surface area contributed by atoms with Gasteiger partial charge in [-0.25, -0.2) is 0 Å². The number of ether oxygens (including phenoxy) is 1. The number of hydrogen-bond donors (Lipinski definition) is 2. The van der Waals surface area contributed by atoms with Gasteiger partial charge in [-0.3, -0.25) is 24.1 Å². The van der Waals surface area contributed by atoms with Crippen molar-refractivity contribution in [3.63, 3.8) is 0 Å². The molecule has 8 nitrogen and oxygen atoms in total. The Morgan fingerprint density at radius 2 is 1.81 bits per heavy atom. The topological polar surface area (TPSA) is 119 Å². The van der Waals surface area contributed by atoms with E-state index in [0.29, 0.717) is 6.54 Å². The van der Waals surface area contributed by atoms with Gasteiger partial charge in [0, 0.05) is 38.1 Å². The van der Waals surface area contributed by atoms with Crippen molar-refractivity contribution in [2.75, 3.05) is 32.8 Å². The van der Waals surface area contributed by atoms with Gasteiger partial charge in [-0.05, 0) is 0 Å². The molecule has 1 heterocycles. The summed E-state index contributed by atoms with van der Waals surface area (Å²) in [5, 5.41) is 2.60. The van der Waals surface area contributed by atoms with Gasteiger partial charge in [0.05, 0.1) is 19.8 Å².